The lowest BCUT2D eigenvalue weighted by atomic mass is 9.90. The number of rotatable bonds is 14. The van der Waals surface area contributed by atoms with Gasteiger partial charge in [0.1, 0.15) is 0 Å². The average Bonchev–Trinajstić information content (AvgIpc) is 2.44. The molecule has 0 saturated carbocycles. The molecule has 2 unspecified atom stereocenters. The van der Waals surface area contributed by atoms with Gasteiger partial charge in [-0.2, -0.15) is 0 Å². The van der Waals surface area contributed by atoms with Crippen LogP contribution in [0.3, 0.4) is 0 Å². The molecule has 0 aromatic heterocycles. The van der Waals surface area contributed by atoms with Crippen LogP contribution in [-0.2, 0) is 0 Å². The lowest BCUT2D eigenvalue weighted by molar-refractivity contribution is 0.370. The molecule has 0 aromatic rings. The SMILES string of the molecule is CCCCCC(C)CCCC(C)CCCC(CC)CC. The van der Waals surface area contributed by atoms with Crippen LogP contribution in [0.1, 0.15) is 112 Å². The van der Waals surface area contributed by atoms with Gasteiger partial charge in [0, 0.05) is 0 Å². The van der Waals surface area contributed by atoms with Gasteiger partial charge >= 0.3 is 0 Å². The van der Waals surface area contributed by atoms with Crippen molar-refractivity contribution in [1.29, 1.82) is 0 Å². The second-order valence-corrected chi connectivity index (χ2v) is 7.25. The lowest BCUT2D eigenvalue weighted by Gasteiger charge is -2.16. The predicted molar refractivity (Wildman–Crippen MR) is 94.2 cm³/mol. The van der Waals surface area contributed by atoms with Crippen molar-refractivity contribution in [2.75, 3.05) is 0 Å². The number of hydrogen-bond acceptors (Lipinski definition) is 0. The molecule has 20 heavy (non-hydrogen) atoms. The molecule has 0 heteroatoms. The highest BCUT2D eigenvalue weighted by Gasteiger charge is 2.07. The van der Waals surface area contributed by atoms with E-state index in [0.717, 1.165) is 17.8 Å². The first-order valence-corrected chi connectivity index (χ1v) is 9.63. The first-order valence-electron chi connectivity index (χ1n) is 9.63. The fourth-order valence-corrected chi connectivity index (χ4v) is 3.30. The molecule has 0 fully saturated rings. The average molecular weight is 283 g/mol. The Morgan fingerprint density at radius 2 is 1.00 bits per heavy atom. The fourth-order valence-electron chi connectivity index (χ4n) is 3.30. The minimum atomic E-state index is 0.951. The van der Waals surface area contributed by atoms with Crippen LogP contribution >= 0.6 is 0 Å². The first-order chi connectivity index (χ1) is 9.63. The van der Waals surface area contributed by atoms with Crippen molar-refractivity contribution in [3.8, 4) is 0 Å². The van der Waals surface area contributed by atoms with E-state index in [4.69, 9.17) is 0 Å². The third-order valence-electron chi connectivity index (χ3n) is 5.16. The molecule has 0 N–H and O–H groups in total. The Bertz CT molecular complexity index is 180. The van der Waals surface area contributed by atoms with Crippen molar-refractivity contribution < 1.29 is 0 Å². The normalized spacial score (nSPS) is 14.7. The summed E-state index contributed by atoms with van der Waals surface area (Å²) in [6.07, 6.45) is 17.2. The smallest absolute Gasteiger partial charge is 0.0420 e. The molecule has 0 saturated heterocycles. The molecular weight excluding hydrogens is 240 g/mol. The number of unbranched alkanes of at least 4 members (excludes halogenated alkanes) is 2. The van der Waals surface area contributed by atoms with Crippen molar-refractivity contribution in [1.82, 2.24) is 0 Å². The van der Waals surface area contributed by atoms with Gasteiger partial charge in [-0.25, -0.2) is 0 Å². The molecule has 0 bridgehead atoms. The van der Waals surface area contributed by atoms with Crippen molar-refractivity contribution >= 4 is 0 Å². The van der Waals surface area contributed by atoms with Gasteiger partial charge in [-0.1, -0.05) is 112 Å². The van der Waals surface area contributed by atoms with E-state index < -0.39 is 0 Å². The summed E-state index contributed by atoms with van der Waals surface area (Å²) in [5.74, 6) is 2.89. The summed E-state index contributed by atoms with van der Waals surface area (Å²) in [6.45, 7) is 11.9. The van der Waals surface area contributed by atoms with Crippen LogP contribution in [0.4, 0.5) is 0 Å². The molecular formula is C20H42. The third kappa shape index (κ3) is 11.8. The van der Waals surface area contributed by atoms with Crippen molar-refractivity contribution in [2.24, 2.45) is 17.8 Å². The summed E-state index contributed by atoms with van der Waals surface area (Å²) < 4.78 is 0. The molecule has 0 heterocycles. The van der Waals surface area contributed by atoms with Gasteiger partial charge in [-0.15, -0.1) is 0 Å². The highest BCUT2D eigenvalue weighted by molar-refractivity contribution is 4.61. The molecule has 0 radical (unpaired) electrons. The van der Waals surface area contributed by atoms with E-state index in [9.17, 15) is 0 Å². The number of hydrogen-bond donors (Lipinski definition) is 0. The quantitative estimate of drug-likeness (QED) is 0.287. The molecule has 0 aliphatic carbocycles. The lowest BCUT2D eigenvalue weighted by Crippen LogP contribution is -2.01. The largest absolute Gasteiger partial charge is 0.0654 e. The topological polar surface area (TPSA) is 0 Å². The van der Waals surface area contributed by atoms with E-state index in [1.54, 1.807) is 0 Å². The van der Waals surface area contributed by atoms with Gasteiger partial charge in [-0.3, -0.25) is 0 Å². The first kappa shape index (κ1) is 20.0. The summed E-state index contributed by atoms with van der Waals surface area (Å²) in [7, 11) is 0. The zero-order valence-corrected chi connectivity index (χ0v) is 15.2. The van der Waals surface area contributed by atoms with Crippen LogP contribution in [0.5, 0.6) is 0 Å². The van der Waals surface area contributed by atoms with Gasteiger partial charge < -0.3 is 0 Å². The Hall–Kier alpha value is 0. The summed E-state index contributed by atoms with van der Waals surface area (Å²) in [4.78, 5) is 0. The summed E-state index contributed by atoms with van der Waals surface area (Å²) in [6, 6.07) is 0. The van der Waals surface area contributed by atoms with Gasteiger partial charge in [-0.05, 0) is 17.8 Å². The molecule has 0 aromatic carbocycles. The zero-order valence-electron chi connectivity index (χ0n) is 15.2. The molecule has 0 spiro atoms. The van der Waals surface area contributed by atoms with Gasteiger partial charge in [0.05, 0.1) is 0 Å². The molecule has 0 aliphatic heterocycles. The van der Waals surface area contributed by atoms with Gasteiger partial charge in [0.25, 0.3) is 0 Å². The second kappa shape index (κ2) is 14.0. The van der Waals surface area contributed by atoms with Crippen molar-refractivity contribution in [3.63, 3.8) is 0 Å². The van der Waals surface area contributed by atoms with E-state index in [1.165, 1.54) is 77.0 Å². The van der Waals surface area contributed by atoms with E-state index >= 15 is 0 Å². The van der Waals surface area contributed by atoms with Crippen LogP contribution < -0.4 is 0 Å². The Kier molecular flexibility index (Phi) is 14.0. The van der Waals surface area contributed by atoms with Gasteiger partial charge in [0.15, 0.2) is 0 Å². The van der Waals surface area contributed by atoms with E-state index in [1.807, 2.05) is 0 Å². The molecule has 0 rings (SSSR count). The monoisotopic (exact) mass is 282 g/mol. The van der Waals surface area contributed by atoms with Crippen LogP contribution in [-0.4, -0.2) is 0 Å². The summed E-state index contributed by atoms with van der Waals surface area (Å²) in [5, 5.41) is 0. The highest BCUT2D eigenvalue weighted by Crippen LogP contribution is 2.23. The minimum absolute atomic E-state index is 0.951. The van der Waals surface area contributed by atoms with Crippen LogP contribution in [0.2, 0.25) is 0 Å². The maximum atomic E-state index is 2.47. The van der Waals surface area contributed by atoms with Crippen molar-refractivity contribution in [2.45, 2.75) is 112 Å². The Balaban J connectivity index is 3.46. The molecule has 122 valence electrons. The maximum absolute atomic E-state index is 2.47. The minimum Gasteiger partial charge on any atom is -0.0654 e. The van der Waals surface area contributed by atoms with E-state index in [0.29, 0.717) is 0 Å². The Morgan fingerprint density at radius 3 is 1.45 bits per heavy atom. The third-order valence-corrected chi connectivity index (χ3v) is 5.16. The van der Waals surface area contributed by atoms with Crippen molar-refractivity contribution in [3.05, 3.63) is 0 Å². The van der Waals surface area contributed by atoms with Gasteiger partial charge in [0.2, 0.25) is 0 Å². The van der Waals surface area contributed by atoms with E-state index in [2.05, 4.69) is 34.6 Å². The zero-order chi connectivity index (χ0) is 15.2. The fraction of sp³-hybridized carbons (Fsp3) is 1.00. The summed E-state index contributed by atoms with van der Waals surface area (Å²) >= 11 is 0. The highest BCUT2D eigenvalue weighted by atomic mass is 14.1. The van der Waals surface area contributed by atoms with Crippen LogP contribution in [0.25, 0.3) is 0 Å². The van der Waals surface area contributed by atoms with Crippen LogP contribution in [0.15, 0.2) is 0 Å². The molecule has 0 nitrogen and oxygen atoms in total. The van der Waals surface area contributed by atoms with Crippen LogP contribution in [0, 0.1) is 17.8 Å². The predicted octanol–water partition coefficient (Wildman–Crippen LogP) is 7.62. The van der Waals surface area contributed by atoms with E-state index in [-0.39, 0.29) is 0 Å². The second-order valence-electron chi connectivity index (χ2n) is 7.25. The standard InChI is InChI=1S/C20H42/c1-6-9-10-13-18(4)14-11-15-19(5)16-12-17-20(7-2)8-3/h18-20H,6-17H2,1-5H3. The molecule has 0 amide bonds. The Morgan fingerprint density at radius 1 is 0.550 bits per heavy atom. The summed E-state index contributed by atoms with van der Waals surface area (Å²) in [5.41, 5.74) is 0. The molecule has 2 atom stereocenters. The molecule has 0 aliphatic rings. The Labute approximate surface area is 130 Å². The maximum Gasteiger partial charge on any atom is -0.0420 e.